The van der Waals surface area contributed by atoms with Crippen molar-refractivity contribution in [1.82, 2.24) is 19.6 Å². The van der Waals surface area contributed by atoms with Crippen molar-refractivity contribution in [2.45, 2.75) is 18.2 Å². The van der Waals surface area contributed by atoms with Gasteiger partial charge in [0.15, 0.2) is 0 Å². The molecule has 5 rings (SSSR count). The number of rotatable bonds is 7. The molecular weight excluding hydrogens is 499 g/mol. The number of aromatic amines is 1. The second kappa shape index (κ2) is 10.8. The van der Waals surface area contributed by atoms with Crippen LogP contribution in [0.15, 0.2) is 95.9 Å². The maximum atomic E-state index is 13.6. The average molecular weight is 529 g/mol. The van der Waals surface area contributed by atoms with E-state index in [1.807, 2.05) is 30.5 Å². The number of nitrogens with zero attached hydrogens (tertiary/aromatic N) is 2. The summed E-state index contributed by atoms with van der Waals surface area (Å²) in [5, 5.41) is 0. The third-order valence-electron chi connectivity index (χ3n) is 6.87. The van der Waals surface area contributed by atoms with Gasteiger partial charge in [0.1, 0.15) is 5.82 Å². The maximum Gasteiger partial charge on any atom is 0.240 e. The van der Waals surface area contributed by atoms with E-state index in [1.165, 1.54) is 24.8 Å². The molecule has 0 fully saturated rings. The number of sulfonamides is 1. The molecule has 3 heterocycles. The van der Waals surface area contributed by atoms with Crippen molar-refractivity contribution in [1.29, 1.82) is 0 Å². The van der Waals surface area contributed by atoms with Crippen LogP contribution < -0.4 is 4.72 Å². The lowest BCUT2D eigenvalue weighted by molar-refractivity contribution is 0.383. The fourth-order valence-corrected chi connectivity index (χ4v) is 5.50. The predicted octanol–water partition coefficient (Wildman–Crippen LogP) is 5.94. The lowest BCUT2D eigenvalue weighted by Crippen LogP contribution is -2.26. The molecule has 38 heavy (non-hydrogen) atoms. The molecule has 1 aliphatic rings. The van der Waals surface area contributed by atoms with E-state index < -0.39 is 10.0 Å². The molecule has 0 bridgehead atoms. The van der Waals surface area contributed by atoms with Crippen LogP contribution in [0.5, 0.6) is 0 Å². The molecule has 0 aliphatic carbocycles. The molecule has 4 aromatic rings. The fraction of sp³-hybridized carbons (Fsp3) is 0.167. The smallest absolute Gasteiger partial charge is 0.240 e. The Morgan fingerprint density at radius 3 is 2.37 bits per heavy atom. The van der Waals surface area contributed by atoms with Gasteiger partial charge in [-0.3, -0.25) is 4.98 Å². The summed E-state index contributed by atoms with van der Waals surface area (Å²) in [5.41, 5.74) is 8.47. The average Bonchev–Trinajstić information content (AvgIpc) is 3.39. The highest BCUT2D eigenvalue weighted by Crippen LogP contribution is 2.39. The van der Waals surface area contributed by atoms with E-state index in [4.69, 9.17) is 0 Å². The van der Waals surface area contributed by atoms with Gasteiger partial charge in [0.2, 0.25) is 10.0 Å². The molecule has 0 atom stereocenters. The molecule has 2 aromatic carbocycles. The summed E-state index contributed by atoms with van der Waals surface area (Å²) in [6.07, 6.45) is 10.8. The molecule has 0 saturated carbocycles. The van der Waals surface area contributed by atoms with Crippen LogP contribution >= 0.6 is 0 Å². The van der Waals surface area contributed by atoms with Crippen molar-refractivity contribution in [3.8, 4) is 22.4 Å². The van der Waals surface area contributed by atoms with Crippen LogP contribution in [-0.4, -0.2) is 43.4 Å². The Kier molecular flexibility index (Phi) is 7.26. The second-order valence-corrected chi connectivity index (χ2v) is 11.1. The van der Waals surface area contributed by atoms with Gasteiger partial charge in [-0.15, -0.1) is 0 Å². The van der Waals surface area contributed by atoms with E-state index >= 15 is 0 Å². The molecule has 2 aromatic heterocycles. The monoisotopic (exact) mass is 528 g/mol. The van der Waals surface area contributed by atoms with E-state index in [9.17, 15) is 12.8 Å². The van der Waals surface area contributed by atoms with Crippen molar-refractivity contribution in [2.24, 2.45) is 0 Å². The van der Waals surface area contributed by atoms with Gasteiger partial charge in [-0.25, -0.2) is 17.5 Å². The summed E-state index contributed by atoms with van der Waals surface area (Å²) in [5.74, 6) is -0.261. The molecule has 1 aliphatic heterocycles. The third kappa shape index (κ3) is 5.32. The molecule has 0 unspecified atom stereocenters. The first-order valence-corrected chi connectivity index (χ1v) is 13.9. The summed E-state index contributed by atoms with van der Waals surface area (Å²) in [6, 6.07) is 17.4. The van der Waals surface area contributed by atoms with Crippen LogP contribution in [0, 0.1) is 5.82 Å². The Morgan fingerprint density at radius 2 is 1.74 bits per heavy atom. The van der Waals surface area contributed by atoms with Crippen molar-refractivity contribution in [3.05, 3.63) is 108 Å². The van der Waals surface area contributed by atoms with E-state index in [0.717, 1.165) is 58.7 Å². The van der Waals surface area contributed by atoms with Crippen LogP contribution in [0.4, 0.5) is 4.39 Å². The number of hydrogen-bond acceptors (Lipinski definition) is 4. The minimum atomic E-state index is -3.45. The van der Waals surface area contributed by atoms with Gasteiger partial charge in [0, 0.05) is 48.5 Å². The highest BCUT2D eigenvalue weighted by Gasteiger charge is 2.21. The molecule has 8 heteroatoms. The highest BCUT2D eigenvalue weighted by atomic mass is 32.2. The summed E-state index contributed by atoms with van der Waals surface area (Å²) in [7, 11) is -2.04. The van der Waals surface area contributed by atoms with Crippen molar-refractivity contribution >= 4 is 21.7 Å². The number of allylic oxidation sites excluding steroid dienone is 1. The predicted molar refractivity (Wildman–Crippen MR) is 150 cm³/mol. The van der Waals surface area contributed by atoms with Crippen LogP contribution in [-0.2, 0) is 10.0 Å². The van der Waals surface area contributed by atoms with Gasteiger partial charge in [-0.05, 0) is 97.3 Å². The largest absolute Gasteiger partial charge is 0.371 e. The number of pyridine rings is 1. The van der Waals surface area contributed by atoms with Gasteiger partial charge in [0.05, 0.1) is 10.6 Å². The molecule has 0 spiro atoms. The SMILES string of the molecule is CNS(=O)(=O)c1ccc(C=C(C)N2CC=C(c3c[nH]c(-c4ccc(F)cc4)c3-c3ccncc3)CC2)cc1. The van der Waals surface area contributed by atoms with E-state index in [2.05, 4.69) is 38.7 Å². The minimum absolute atomic E-state index is 0.247. The highest BCUT2D eigenvalue weighted by molar-refractivity contribution is 7.89. The van der Waals surface area contributed by atoms with Crippen molar-refractivity contribution in [2.75, 3.05) is 20.1 Å². The van der Waals surface area contributed by atoms with Crippen molar-refractivity contribution in [3.63, 3.8) is 0 Å². The summed E-state index contributed by atoms with van der Waals surface area (Å²) >= 11 is 0. The number of hydrogen-bond donors (Lipinski definition) is 2. The first-order valence-electron chi connectivity index (χ1n) is 12.4. The standard InChI is InChI=1S/C30H29FN4O2S/c1-21(19-22-3-9-27(10-4-22)38(36,37)32-2)35-17-13-23(14-18-35)28-20-34-30(25-5-7-26(31)8-6-25)29(28)24-11-15-33-16-12-24/h3-13,15-16,19-20,32,34H,14,17-18H2,1-2H3. The lowest BCUT2D eigenvalue weighted by Gasteiger charge is -2.29. The lowest BCUT2D eigenvalue weighted by atomic mass is 9.92. The number of nitrogens with one attached hydrogen (secondary N) is 2. The first-order chi connectivity index (χ1) is 18.4. The molecule has 2 N–H and O–H groups in total. The third-order valence-corrected chi connectivity index (χ3v) is 8.30. The Hall–Kier alpha value is -4.01. The second-order valence-electron chi connectivity index (χ2n) is 9.18. The Balaban J connectivity index is 1.40. The van der Waals surface area contributed by atoms with Crippen molar-refractivity contribution < 1.29 is 12.8 Å². The van der Waals surface area contributed by atoms with Crippen LogP contribution in [0.1, 0.15) is 24.5 Å². The summed E-state index contributed by atoms with van der Waals surface area (Å²) in [4.78, 5) is 10.2. The molecule has 0 saturated heterocycles. The van der Waals surface area contributed by atoms with Gasteiger partial charge < -0.3 is 9.88 Å². The minimum Gasteiger partial charge on any atom is -0.371 e. The van der Waals surface area contributed by atoms with Gasteiger partial charge in [-0.1, -0.05) is 18.2 Å². The normalized spacial score (nSPS) is 14.4. The summed E-state index contributed by atoms with van der Waals surface area (Å²) in [6.45, 7) is 3.69. The van der Waals surface area contributed by atoms with E-state index in [1.54, 1.807) is 36.7 Å². The Labute approximate surface area is 222 Å². The van der Waals surface area contributed by atoms with E-state index in [-0.39, 0.29) is 10.7 Å². The quantitative estimate of drug-likeness (QED) is 0.311. The number of aromatic nitrogens is 2. The molecule has 194 valence electrons. The van der Waals surface area contributed by atoms with E-state index in [0.29, 0.717) is 0 Å². The van der Waals surface area contributed by atoms with Crippen LogP contribution in [0.3, 0.4) is 0 Å². The number of benzene rings is 2. The zero-order chi connectivity index (χ0) is 26.7. The molecule has 0 amide bonds. The van der Waals surface area contributed by atoms with Gasteiger partial charge in [-0.2, -0.15) is 0 Å². The summed E-state index contributed by atoms with van der Waals surface area (Å²) < 4.78 is 39.9. The number of H-pyrrole nitrogens is 1. The fourth-order valence-electron chi connectivity index (χ4n) is 4.77. The van der Waals surface area contributed by atoms with Crippen LogP contribution in [0.2, 0.25) is 0 Å². The topological polar surface area (TPSA) is 78.1 Å². The number of halogens is 1. The maximum absolute atomic E-state index is 13.6. The Bertz CT molecular complexity index is 1590. The molecular formula is C30H29FN4O2S. The zero-order valence-electron chi connectivity index (χ0n) is 21.3. The first kappa shape index (κ1) is 25.6. The van der Waals surface area contributed by atoms with Gasteiger partial charge >= 0.3 is 0 Å². The van der Waals surface area contributed by atoms with Crippen LogP contribution in [0.25, 0.3) is 34.0 Å². The molecule has 6 nitrogen and oxygen atoms in total. The van der Waals surface area contributed by atoms with Gasteiger partial charge in [0.25, 0.3) is 0 Å². The zero-order valence-corrected chi connectivity index (χ0v) is 22.1. The Morgan fingerprint density at radius 1 is 1.03 bits per heavy atom. The molecule has 0 radical (unpaired) electrons.